The summed E-state index contributed by atoms with van der Waals surface area (Å²) in [5.41, 5.74) is 5.48. The van der Waals surface area contributed by atoms with Gasteiger partial charge < -0.3 is 16.2 Å². The van der Waals surface area contributed by atoms with Crippen LogP contribution in [0.15, 0.2) is 0 Å². The van der Waals surface area contributed by atoms with Gasteiger partial charge in [-0.05, 0) is 12.8 Å². The summed E-state index contributed by atoms with van der Waals surface area (Å²) >= 11 is 0. The van der Waals surface area contributed by atoms with Gasteiger partial charge in [0.25, 0.3) is 0 Å². The highest BCUT2D eigenvalue weighted by molar-refractivity contribution is 5.81. The van der Waals surface area contributed by atoms with Crippen molar-refractivity contribution in [1.29, 1.82) is 0 Å². The van der Waals surface area contributed by atoms with E-state index < -0.39 is 12.1 Å². The van der Waals surface area contributed by atoms with Gasteiger partial charge in [0.15, 0.2) is 0 Å². The molecule has 4 N–H and O–H groups in total. The molecule has 2 atom stereocenters. The number of nitrogens with one attached hydrogen (secondary N) is 1. The molecular formula is C9H20N2O2. The van der Waals surface area contributed by atoms with Crippen LogP contribution < -0.4 is 11.1 Å². The van der Waals surface area contributed by atoms with Crippen LogP contribution >= 0.6 is 0 Å². The van der Waals surface area contributed by atoms with Gasteiger partial charge in [-0.3, -0.25) is 4.79 Å². The molecule has 0 heterocycles. The van der Waals surface area contributed by atoms with Gasteiger partial charge in [-0.1, -0.05) is 20.3 Å². The Bertz CT molecular complexity index is 151. The number of rotatable bonds is 6. The van der Waals surface area contributed by atoms with Crippen molar-refractivity contribution in [1.82, 2.24) is 5.32 Å². The summed E-state index contributed by atoms with van der Waals surface area (Å²) in [4.78, 5) is 11.1. The molecule has 0 radical (unpaired) electrons. The average molecular weight is 188 g/mol. The molecule has 2 unspecified atom stereocenters. The normalized spacial score (nSPS) is 15.1. The Morgan fingerprint density at radius 1 is 1.54 bits per heavy atom. The van der Waals surface area contributed by atoms with Gasteiger partial charge in [-0.15, -0.1) is 0 Å². The fourth-order valence-electron chi connectivity index (χ4n) is 0.970. The monoisotopic (exact) mass is 188 g/mol. The van der Waals surface area contributed by atoms with E-state index in [0.717, 1.165) is 6.42 Å². The molecule has 78 valence electrons. The molecule has 0 fully saturated rings. The summed E-state index contributed by atoms with van der Waals surface area (Å²) in [5.74, 6) is -0.183. The largest absolute Gasteiger partial charge is 0.391 e. The van der Waals surface area contributed by atoms with E-state index in [0.29, 0.717) is 19.4 Å². The molecule has 0 aromatic carbocycles. The molecule has 0 saturated heterocycles. The zero-order valence-corrected chi connectivity index (χ0v) is 8.42. The number of aliphatic hydroxyl groups is 1. The second kappa shape index (κ2) is 6.86. The Hall–Kier alpha value is -0.610. The first-order chi connectivity index (χ1) is 6.11. The molecule has 4 heteroatoms. The molecule has 0 spiro atoms. The van der Waals surface area contributed by atoms with Crippen LogP contribution in [0.4, 0.5) is 0 Å². The van der Waals surface area contributed by atoms with Gasteiger partial charge in [0.05, 0.1) is 12.1 Å². The number of hydrogen-bond donors (Lipinski definition) is 3. The average Bonchev–Trinajstić information content (AvgIpc) is 2.13. The summed E-state index contributed by atoms with van der Waals surface area (Å²) in [7, 11) is 0. The first-order valence-electron chi connectivity index (χ1n) is 4.83. The van der Waals surface area contributed by atoms with Crippen molar-refractivity contribution < 1.29 is 9.90 Å². The van der Waals surface area contributed by atoms with Crippen LogP contribution in [0.25, 0.3) is 0 Å². The van der Waals surface area contributed by atoms with Crippen LogP contribution in [-0.4, -0.2) is 29.7 Å². The molecule has 0 aliphatic carbocycles. The molecule has 0 rings (SSSR count). The van der Waals surface area contributed by atoms with E-state index in [1.807, 2.05) is 13.8 Å². The SMILES string of the molecule is CCCC(O)CNC(=O)C(N)CC. The highest BCUT2D eigenvalue weighted by Gasteiger charge is 2.11. The standard InChI is InChI=1S/C9H20N2O2/c1-3-5-7(12)6-11-9(13)8(10)4-2/h7-8,12H,3-6,10H2,1-2H3,(H,11,13). The first-order valence-corrected chi connectivity index (χ1v) is 4.83. The van der Waals surface area contributed by atoms with Crippen LogP contribution in [0.2, 0.25) is 0 Å². The van der Waals surface area contributed by atoms with Crippen LogP contribution in [0.1, 0.15) is 33.1 Å². The first kappa shape index (κ1) is 12.4. The van der Waals surface area contributed by atoms with Crippen molar-refractivity contribution in [3.63, 3.8) is 0 Å². The fourth-order valence-corrected chi connectivity index (χ4v) is 0.970. The molecule has 0 aliphatic rings. The Morgan fingerprint density at radius 2 is 2.15 bits per heavy atom. The van der Waals surface area contributed by atoms with Gasteiger partial charge in [-0.25, -0.2) is 0 Å². The topological polar surface area (TPSA) is 75.3 Å². The second-order valence-corrected chi connectivity index (χ2v) is 3.20. The molecule has 0 aromatic rings. The van der Waals surface area contributed by atoms with Crippen LogP contribution in [-0.2, 0) is 4.79 Å². The van der Waals surface area contributed by atoms with Crippen LogP contribution in [0, 0.1) is 0 Å². The summed E-state index contributed by atoms with van der Waals surface area (Å²) < 4.78 is 0. The molecular weight excluding hydrogens is 168 g/mol. The quantitative estimate of drug-likeness (QED) is 0.549. The lowest BCUT2D eigenvalue weighted by atomic mass is 10.2. The summed E-state index contributed by atoms with van der Waals surface area (Å²) in [6.07, 6.45) is 1.80. The lowest BCUT2D eigenvalue weighted by Gasteiger charge is -2.13. The number of carbonyl (C=O) groups excluding carboxylic acids is 1. The predicted octanol–water partition coefficient (Wildman–Crippen LogP) is 0.000900. The lowest BCUT2D eigenvalue weighted by Crippen LogP contribution is -2.43. The maximum absolute atomic E-state index is 11.1. The predicted molar refractivity (Wildman–Crippen MR) is 52.2 cm³/mol. The maximum atomic E-state index is 11.1. The molecule has 0 aromatic heterocycles. The molecule has 0 aliphatic heterocycles. The lowest BCUT2D eigenvalue weighted by molar-refractivity contribution is -0.122. The fraction of sp³-hybridized carbons (Fsp3) is 0.889. The van der Waals surface area contributed by atoms with Gasteiger partial charge in [-0.2, -0.15) is 0 Å². The number of amides is 1. The zero-order valence-electron chi connectivity index (χ0n) is 8.42. The van der Waals surface area contributed by atoms with Crippen molar-refractivity contribution in [3.05, 3.63) is 0 Å². The van der Waals surface area contributed by atoms with E-state index in [9.17, 15) is 9.90 Å². The Kier molecular flexibility index (Phi) is 6.54. The summed E-state index contributed by atoms with van der Waals surface area (Å²) in [6, 6.07) is -0.450. The second-order valence-electron chi connectivity index (χ2n) is 3.20. The minimum atomic E-state index is -0.450. The smallest absolute Gasteiger partial charge is 0.236 e. The van der Waals surface area contributed by atoms with Crippen molar-refractivity contribution in [3.8, 4) is 0 Å². The zero-order chi connectivity index (χ0) is 10.3. The van der Waals surface area contributed by atoms with Gasteiger partial charge in [0.1, 0.15) is 0 Å². The third kappa shape index (κ3) is 5.60. The van der Waals surface area contributed by atoms with E-state index >= 15 is 0 Å². The Morgan fingerprint density at radius 3 is 2.62 bits per heavy atom. The van der Waals surface area contributed by atoms with E-state index in [2.05, 4.69) is 5.32 Å². The molecule has 0 bridgehead atoms. The number of nitrogens with two attached hydrogens (primary N) is 1. The van der Waals surface area contributed by atoms with Crippen LogP contribution in [0.5, 0.6) is 0 Å². The molecule has 0 saturated carbocycles. The van der Waals surface area contributed by atoms with Crippen molar-refractivity contribution in [2.24, 2.45) is 5.73 Å². The highest BCUT2D eigenvalue weighted by atomic mass is 16.3. The van der Waals surface area contributed by atoms with Crippen LogP contribution in [0.3, 0.4) is 0 Å². The third-order valence-electron chi connectivity index (χ3n) is 1.91. The molecule has 13 heavy (non-hydrogen) atoms. The van der Waals surface area contributed by atoms with E-state index in [-0.39, 0.29) is 5.91 Å². The van der Waals surface area contributed by atoms with Gasteiger partial charge in [0.2, 0.25) is 5.91 Å². The summed E-state index contributed by atoms with van der Waals surface area (Å²) in [6.45, 7) is 4.15. The van der Waals surface area contributed by atoms with E-state index in [4.69, 9.17) is 5.73 Å². The third-order valence-corrected chi connectivity index (χ3v) is 1.91. The number of aliphatic hydroxyl groups excluding tert-OH is 1. The Balaban J connectivity index is 3.57. The van der Waals surface area contributed by atoms with Crippen molar-refractivity contribution in [2.75, 3.05) is 6.54 Å². The maximum Gasteiger partial charge on any atom is 0.236 e. The highest BCUT2D eigenvalue weighted by Crippen LogP contribution is 1.94. The minimum Gasteiger partial charge on any atom is -0.391 e. The minimum absolute atomic E-state index is 0.183. The Labute approximate surface area is 79.5 Å². The summed E-state index contributed by atoms with van der Waals surface area (Å²) in [5, 5.41) is 11.9. The van der Waals surface area contributed by atoms with E-state index in [1.54, 1.807) is 0 Å². The van der Waals surface area contributed by atoms with Gasteiger partial charge >= 0.3 is 0 Å². The number of hydrogen-bond acceptors (Lipinski definition) is 3. The van der Waals surface area contributed by atoms with Gasteiger partial charge in [0, 0.05) is 6.54 Å². The van der Waals surface area contributed by atoms with Crippen molar-refractivity contribution >= 4 is 5.91 Å². The number of carbonyl (C=O) groups is 1. The molecule has 4 nitrogen and oxygen atoms in total. The molecule has 1 amide bonds. The van der Waals surface area contributed by atoms with E-state index in [1.165, 1.54) is 0 Å². The van der Waals surface area contributed by atoms with Crippen molar-refractivity contribution in [2.45, 2.75) is 45.3 Å².